The second-order valence-electron chi connectivity index (χ2n) is 7.40. The lowest BCUT2D eigenvalue weighted by Crippen LogP contribution is -2.41. The molecule has 6 heteroatoms. The summed E-state index contributed by atoms with van der Waals surface area (Å²) in [6.07, 6.45) is 9.63. The lowest BCUT2D eigenvalue weighted by atomic mass is 9.87. The van der Waals surface area contributed by atoms with E-state index in [2.05, 4.69) is 15.0 Å². The molecule has 1 amide bonds. The van der Waals surface area contributed by atoms with Crippen LogP contribution in [0.2, 0.25) is 0 Å². The first-order valence-corrected chi connectivity index (χ1v) is 9.46. The summed E-state index contributed by atoms with van der Waals surface area (Å²) in [5.41, 5.74) is 0.958. The van der Waals surface area contributed by atoms with Gasteiger partial charge in [0.05, 0.1) is 5.69 Å². The summed E-state index contributed by atoms with van der Waals surface area (Å²) in [5, 5.41) is 4.13. The molecule has 4 rings (SSSR count). The second-order valence-corrected chi connectivity index (χ2v) is 7.40. The van der Waals surface area contributed by atoms with Crippen molar-refractivity contribution in [2.45, 2.75) is 50.9 Å². The normalized spacial score (nSPS) is 20.1. The number of likely N-dealkylation sites (tertiary alicyclic amines) is 1. The smallest absolute Gasteiger partial charge is 0.230 e. The quantitative estimate of drug-likeness (QED) is 0.858. The fourth-order valence-electron chi connectivity index (χ4n) is 4.15. The highest BCUT2D eigenvalue weighted by Crippen LogP contribution is 2.31. The van der Waals surface area contributed by atoms with Crippen LogP contribution in [0.5, 0.6) is 0 Å². The van der Waals surface area contributed by atoms with Crippen molar-refractivity contribution in [3.8, 4) is 11.5 Å². The highest BCUT2D eigenvalue weighted by Gasteiger charge is 2.31. The Morgan fingerprint density at radius 1 is 1.16 bits per heavy atom. The molecule has 0 N–H and O–H groups in total. The van der Waals surface area contributed by atoms with E-state index in [4.69, 9.17) is 4.52 Å². The molecule has 3 heterocycles. The third kappa shape index (κ3) is 3.34. The number of aryl methyl sites for hydroxylation is 1. The zero-order valence-corrected chi connectivity index (χ0v) is 14.9. The second kappa shape index (κ2) is 7.02. The Morgan fingerprint density at radius 2 is 1.92 bits per heavy atom. The van der Waals surface area contributed by atoms with Crippen molar-refractivity contribution < 1.29 is 9.32 Å². The number of carbonyl (C=O) groups excluding carboxylic acids is 1. The van der Waals surface area contributed by atoms with Crippen molar-refractivity contribution in [1.82, 2.24) is 19.6 Å². The van der Waals surface area contributed by atoms with Crippen molar-refractivity contribution in [3.63, 3.8) is 0 Å². The number of amides is 1. The van der Waals surface area contributed by atoms with Gasteiger partial charge in [0.15, 0.2) is 0 Å². The predicted molar refractivity (Wildman–Crippen MR) is 93.8 cm³/mol. The van der Waals surface area contributed by atoms with Crippen LogP contribution in [0, 0.1) is 5.92 Å². The Kier molecular flexibility index (Phi) is 4.59. The van der Waals surface area contributed by atoms with Gasteiger partial charge in [-0.1, -0.05) is 24.4 Å². The van der Waals surface area contributed by atoms with Gasteiger partial charge in [0, 0.05) is 38.2 Å². The van der Waals surface area contributed by atoms with Crippen LogP contribution in [-0.2, 0) is 11.8 Å². The zero-order chi connectivity index (χ0) is 17.2. The third-order valence-corrected chi connectivity index (χ3v) is 5.72. The van der Waals surface area contributed by atoms with E-state index in [1.807, 2.05) is 29.9 Å². The molecule has 134 valence electrons. The standard InChI is InChI=1S/C19H26N4O2/c1-22-11-5-8-16(22)17-20-18(25-21-17)14-9-12-23(13-10-14)19(24)15-6-3-2-4-7-15/h5,8,11,14-15H,2-4,6-7,9-10,12-13H2,1H3. The summed E-state index contributed by atoms with van der Waals surface area (Å²) < 4.78 is 7.50. The Morgan fingerprint density at radius 3 is 2.60 bits per heavy atom. The van der Waals surface area contributed by atoms with Crippen LogP contribution in [0.15, 0.2) is 22.9 Å². The molecule has 2 aromatic rings. The SMILES string of the molecule is Cn1cccc1-c1noc(C2CCN(C(=O)C3CCCCC3)CC2)n1. The Labute approximate surface area is 148 Å². The van der Waals surface area contributed by atoms with Gasteiger partial charge in [-0.15, -0.1) is 0 Å². The highest BCUT2D eigenvalue weighted by molar-refractivity contribution is 5.79. The first kappa shape index (κ1) is 16.4. The largest absolute Gasteiger partial charge is 0.348 e. The van der Waals surface area contributed by atoms with Crippen molar-refractivity contribution in [2.75, 3.05) is 13.1 Å². The third-order valence-electron chi connectivity index (χ3n) is 5.72. The zero-order valence-electron chi connectivity index (χ0n) is 14.9. The first-order valence-electron chi connectivity index (χ1n) is 9.46. The maximum absolute atomic E-state index is 12.7. The van der Waals surface area contributed by atoms with E-state index in [-0.39, 0.29) is 11.8 Å². The molecule has 25 heavy (non-hydrogen) atoms. The van der Waals surface area contributed by atoms with Crippen LogP contribution in [-0.4, -0.2) is 38.6 Å². The van der Waals surface area contributed by atoms with E-state index in [9.17, 15) is 4.79 Å². The van der Waals surface area contributed by atoms with Gasteiger partial charge in [-0.25, -0.2) is 0 Å². The molecular weight excluding hydrogens is 316 g/mol. The first-order chi connectivity index (χ1) is 12.2. The van der Waals surface area contributed by atoms with Crippen LogP contribution in [0.4, 0.5) is 0 Å². The lowest BCUT2D eigenvalue weighted by Gasteiger charge is -2.34. The summed E-state index contributed by atoms with van der Waals surface area (Å²) in [6.45, 7) is 1.61. The molecule has 6 nitrogen and oxygen atoms in total. The average molecular weight is 342 g/mol. The van der Waals surface area contributed by atoms with Gasteiger partial charge in [0.2, 0.25) is 17.6 Å². The summed E-state index contributed by atoms with van der Waals surface area (Å²) in [5.74, 6) is 2.24. The molecule has 0 aromatic carbocycles. The minimum atomic E-state index is 0.261. The molecule has 1 saturated carbocycles. The monoisotopic (exact) mass is 342 g/mol. The minimum absolute atomic E-state index is 0.261. The molecule has 0 bridgehead atoms. The fourth-order valence-corrected chi connectivity index (χ4v) is 4.15. The Hall–Kier alpha value is -2.11. The van der Waals surface area contributed by atoms with Gasteiger partial charge in [0.1, 0.15) is 0 Å². The van der Waals surface area contributed by atoms with Crippen molar-refractivity contribution in [3.05, 3.63) is 24.2 Å². The summed E-state index contributed by atoms with van der Waals surface area (Å²) >= 11 is 0. The van der Waals surface area contributed by atoms with Crippen LogP contribution in [0.1, 0.15) is 56.8 Å². The van der Waals surface area contributed by atoms with Gasteiger partial charge in [-0.3, -0.25) is 4.79 Å². The van der Waals surface area contributed by atoms with E-state index in [1.54, 1.807) is 0 Å². The maximum Gasteiger partial charge on any atom is 0.230 e. The highest BCUT2D eigenvalue weighted by atomic mass is 16.5. The van der Waals surface area contributed by atoms with E-state index in [0.717, 1.165) is 44.5 Å². The summed E-state index contributed by atoms with van der Waals surface area (Å²) in [4.78, 5) is 19.3. The predicted octanol–water partition coefficient (Wildman–Crippen LogP) is 3.36. The van der Waals surface area contributed by atoms with Crippen molar-refractivity contribution in [1.29, 1.82) is 0 Å². The Bertz CT molecular complexity index is 721. The molecule has 0 radical (unpaired) electrons. The van der Waals surface area contributed by atoms with Crippen LogP contribution in [0.25, 0.3) is 11.5 Å². The molecule has 0 atom stereocenters. The average Bonchev–Trinajstić information content (AvgIpc) is 3.31. The molecule has 1 aliphatic carbocycles. The number of piperidine rings is 1. The fraction of sp³-hybridized carbons (Fsp3) is 0.632. The molecule has 2 aromatic heterocycles. The van der Waals surface area contributed by atoms with Crippen molar-refractivity contribution >= 4 is 5.91 Å². The van der Waals surface area contributed by atoms with Crippen molar-refractivity contribution in [2.24, 2.45) is 13.0 Å². The van der Waals surface area contributed by atoms with Gasteiger partial charge in [-0.05, 0) is 37.8 Å². The molecule has 0 spiro atoms. The lowest BCUT2D eigenvalue weighted by molar-refractivity contribution is -0.137. The van der Waals surface area contributed by atoms with Crippen LogP contribution < -0.4 is 0 Å². The summed E-state index contributed by atoms with van der Waals surface area (Å²) in [6, 6.07) is 3.96. The number of nitrogens with zero attached hydrogens (tertiary/aromatic N) is 4. The molecular formula is C19H26N4O2. The van der Waals surface area contributed by atoms with E-state index < -0.39 is 0 Å². The maximum atomic E-state index is 12.7. The molecule has 0 unspecified atom stereocenters. The van der Waals surface area contributed by atoms with Gasteiger partial charge < -0.3 is 14.0 Å². The van der Waals surface area contributed by atoms with Gasteiger partial charge in [0.25, 0.3) is 0 Å². The van der Waals surface area contributed by atoms with Crippen LogP contribution >= 0.6 is 0 Å². The molecule has 2 fully saturated rings. The molecule has 2 aliphatic rings. The number of carbonyl (C=O) groups is 1. The molecule has 1 saturated heterocycles. The topological polar surface area (TPSA) is 64.2 Å². The number of hydrogen-bond donors (Lipinski definition) is 0. The van der Waals surface area contributed by atoms with E-state index in [1.165, 1.54) is 19.3 Å². The number of aromatic nitrogens is 3. The number of rotatable bonds is 3. The minimum Gasteiger partial charge on any atom is -0.348 e. The summed E-state index contributed by atoms with van der Waals surface area (Å²) in [7, 11) is 1.97. The van der Waals surface area contributed by atoms with E-state index in [0.29, 0.717) is 17.6 Å². The van der Waals surface area contributed by atoms with E-state index >= 15 is 0 Å². The van der Waals surface area contributed by atoms with Gasteiger partial charge >= 0.3 is 0 Å². The van der Waals surface area contributed by atoms with Crippen LogP contribution in [0.3, 0.4) is 0 Å². The Balaban J connectivity index is 1.36. The number of hydrogen-bond acceptors (Lipinski definition) is 4. The molecule has 1 aliphatic heterocycles. The van der Waals surface area contributed by atoms with Gasteiger partial charge in [-0.2, -0.15) is 4.98 Å².